The molecule has 0 saturated heterocycles. The van der Waals surface area contributed by atoms with Crippen molar-refractivity contribution in [3.05, 3.63) is 28.8 Å². The number of halogens is 2. The van der Waals surface area contributed by atoms with Crippen molar-refractivity contribution in [3.63, 3.8) is 0 Å². The fourth-order valence-corrected chi connectivity index (χ4v) is 5.59. The van der Waals surface area contributed by atoms with Gasteiger partial charge in [-0.2, -0.15) is 0 Å². The maximum atomic E-state index is 12.4. The predicted octanol–water partition coefficient (Wildman–Crippen LogP) is 3.43. The van der Waals surface area contributed by atoms with Crippen molar-refractivity contribution in [1.29, 1.82) is 0 Å². The minimum Gasteiger partial charge on any atom is -0.481 e. The van der Waals surface area contributed by atoms with E-state index in [1.807, 2.05) is 0 Å². The Morgan fingerprint density at radius 3 is 2.66 bits per heavy atom. The summed E-state index contributed by atoms with van der Waals surface area (Å²) >= 11 is 1.40. The van der Waals surface area contributed by atoms with Crippen molar-refractivity contribution in [2.24, 2.45) is 5.92 Å². The number of nitrogens with zero attached hydrogens (tertiary/aromatic N) is 4. The molecule has 0 bridgehead atoms. The Hall–Kier alpha value is -2.40. The van der Waals surface area contributed by atoms with Crippen LogP contribution >= 0.6 is 11.3 Å². The maximum Gasteiger partial charge on any atom is 0.273 e. The summed E-state index contributed by atoms with van der Waals surface area (Å²) in [7, 11) is 0. The summed E-state index contributed by atoms with van der Waals surface area (Å²) in [6.07, 6.45) is 7.76. The number of aryl methyl sites for hydroxylation is 1. The molecule has 0 spiro atoms. The number of aromatic nitrogens is 3. The highest BCUT2D eigenvalue weighted by Gasteiger charge is 2.24. The van der Waals surface area contributed by atoms with E-state index < -0.39 is 13.0 Å². The van der Waals surface area contributed by atoms with Gasteiger partial charge in [0.2, 0.25) is 0 Å². The standard InChI is InChI=1S/C24H33F2N5O3S/c1-16-27-12-19(13-28-16)33-15-23(32)29-18-4-2-17(3-5-18)6-9-31-10-7-20-21(8-11-31)35-24(30-20)34-14-22(25)26/h12-13,17-18,22H,2-11,14-15H2,1H3,(H,29,32). The number of hydrogen-bond acceptors (Lipinski definition) is 8. The first-order valence-corrected chi connectivity index (χ1v) is 13.1. The second-order valence-corrected chi connectivity index (χ2v) is 10.3. The third-order valence-corrected chi connectivity index (χ3v) is 7.67. The number of carbonyl (C=O) groups is 1. The minimum atomic E-state index is -2.48. The highest BCUT2D eigenvalue weighted by atomic mass is 32.1. The Bertz CT molecular complexity index is 926. The van der Waals surface area contributed by atoms with Crippen LogP contribution in [0.2, 0.25) is 0 Å². The van der Waals surface area contributed by atoms with E-state index in [1.54, 1.807) is 19.3 Å². The molecule has 35 heavy (non-hydrogen) atoms. The molecule has 4 rings (SSSR count). The van der Waals surface area contributed by atoms with E-state index in [-0.39, 0.29) is 18.6 Å². The van der Waals surface area contributed by atoms with E-state index in [9.17, 15) is 13.6 Å². The highest BCUT2D eigenvalue weighted by molar-refractivity contribution is 7.13. The molecule has 1 aliphatic carbocycles. The average molecular weight is 510 g/mol. The molecule has 8 nitrogen and oxygen atoms in total. The molecule has 2 aromatic heterocycles. The van der Waals surface area contributed by atoms with Crippen LogP contribution in [-0.2, 0) is 17.6 Å². The number of nitrogens with one attached hydrogen (secondary N) is 1. The van der Waals surface area contributed by atoms with Crippen LogP contribution in [0.1, 0.15) is 48.5 Å². The lowest BCUT2D eigenvalue weighted by Gasteiger charge is -2.30. The number of ether oxygens (including phenoxy) is 2. The van der Waals surface area contributed by atoms with E-state index in [1.165, 1.54) is 11.3 Å². The van der Waals surface area contributed by atoms with Crippen LogP contribution in [0.25, 0.3) is 0 Å². The second kappa shape index (κ2) is 12.5. The third kappa shape index (κ3) is 8.06. The van der Waals surface area contributed by atoms with Gasteiger partial charge in [0.25, 0.3) is 17.5 Å². The van der Waals surface area contributed by atoms with E-state index >= 15 is 0 Å². The first-order valence-electron chi connectivity index (χ1n) is 12.3. The zero-order valence-corrected chi connectivity index (χ0v) is 20.9. The maximum absolute atomic E-state index is 12.4. The van der Waals surface area contributed by atoms with Gasteiger partial charge in [-0.3, -0.25) is 4.79 Å². The summed E-state index contributed by atoms with van der Waals surface area (Å²) in [5, 5.41) is 3.45. The van der Waals surface area contributed by atoms with Gasteiger partial charge in [0.15, 0.2) is 19.0 Å². The second-order valence-electron chi connectivity index (χ2n) is 9.22. The van der Waals surface area contributed by atoms with Gasteiger partial charge in [0.05, 0.1) is 18.1 Å². The van der Waals surface area contributed by atoms with Crippen molar-refractivity contribution in [2.75, 3.05) is 32.8 Å². The lowest BCUT2D eigenvalue weighted by atomic mass is 9.84. The van der Waals surface area contributed by atoms with Gasteiger partial charge in [0.1, 0.15) is 5.82 Å². The van der Waals surface area contributed by atoms with Crippen LogP contribution in [0.15, 0.2) is 12.4 Å². The molecule has 2 aromatic rings. The predicted molar refractivity (Wildman–Crippen MR) is 128 cm³/mol. The Morgan fingerprint density at radius 1 is 1.17 bits per heavy atom. The highest BCUT2D eigenvalue weighted by Crippen LogP contribution is 2.30. The molecule has 11 heteroatoms. The topological polar surface area (TPSA) is 89.5 Å². The molecule has 0 unspecified atom stereocenters. The molecular formula is C24H33F2N5O3S. The van der Waals surface area contributed by atoms with Crippen LogP contribution < -0.4 is 14.8 Å². The Labute approximate surface area is 208 Å². The summed E-state index contributed by atoms with van der Waals surface area (Å²) in [5.74, 6) is 1.72. The number of hydrogen-bond donors (Lipinski definition) is 1. The molecule has 1 aliphatic heterocycles. The van der Waals surface area contributed by atoms with Crippen LogP contribution in [0.5, 0.6) is 10.9 Å². The van der Waals surface area contributed by atoms with Crippen LogP contribution in [0.4, 0.5) is 8.78 Å². The zero-order chi connectivity index (χ0) is 24.6. The smallest absolute Gasteiger partial charge is 0.273 e. The van der Waals surface area contributed by atoms with Crippen molar-refractivity contribution in [1.82, 2.24) is 25.2 Å². The monoisotopic (exact) mass is 509 g/mol. The van der Waals surface area contributed by atoms with E-state index in [2.05, 4.69) is 25.2 Å². The number of rotatable bonds is 10. The van der Waals surface area contributed by atoms with Gasteiger partial charge in [-0.15, -0.1) is 0 Å². The van der Waals surface area contributed by atoms with Gasteiger partial charge in [0, 0.05) is 30.4 Å². The quantitative estimate of drug-likeness (QED) is 0.525. The Kier molecular flexibility index (Phi) is 9.19. The zero-order valence-electron chi connectivity index (χ0n) is 20.0. The molecule has 3 heterocycles. The summed E-state index contributed by atoms with van der Waals surface area (Å²) in [4.78, 5) is 28.4. The average Bonchev–Trinajstić information content (AvgIpc) is 3.15. The molecule has 0 atom stereocenters. The molecule has 1 fully saturated rings. The SMILES string of the molecule is Cc1ncc(OCC(=O)NC2CCC(CCN3CCc4nc(OCC(F)F)sc4CC3)CC2)cn1. The van der Waals surface area contributed by atoms with Gasteiger partial charge in [-0.25, -0.2) is 23.7 Å². The van der Waals surface area contributed by atoms with Crippen LogP contribution in [0.3, 0.4) is 0 Å². The number of alkyl halides is 2. The van der Waals surface area contributed by atoms with Gasteiger partial charge < -0.3 is 19.7 Å². The summed E-state index contributed by atoms with van der Waals surface area (Å²) in [6, 6.07) is 0.207. The van der Waals surface area contributed by atoms with Gasteiger partial charge >= 0.3 is 0 Å². The molecule has 1 amide bonds. The van der Waals surface area contributed by atoms with Gasteiger partial charge in [-0.05, 0) is 57.9 Å². The normalized spacial score (nSPS) is 20.8. The van der Waals surface area contributed by atoms with E-state index in [0.29, 0.717) is 22.7 Å². The lowest BCUT2D eigenvalue weighted by molar-refractivity contribution is -0.124. The van der Waals surface area contributed by atoms with E-state index in [0.717, 1.165) is 75.2 Å². The Balaban J connectivity index is 1.10. The molecule has 0 aromatic carbocycles. The molecule has 192 valence electrons. The van der Waals surface area contributed by atoms with Gasteiger partial charge in [-0.1, -0.05) is 11.3 Å². The number of thiazole rings is 1. The molecule has 0 radical (unpaired) electrons. The first kappa shape index (κ1) is 25.7. The summed E-state index contributed by atoms with van der Waals surface area (Å²) < 4.78 is 35.3. The van der Waals surface area contributed by atoms with Crippen molar-refractivity contribution < 1.29 is 23.0 Å². The third-order valence-electron chi connectivity index (χ3n) is 6.60. The lowest BCUT2D eigenvalue weighted by Crippen LogP contribution is -2.40. The molecule has 1 N–H and O–H groups in total. The molecule has 1 saturated carbocycles. The van der Waals surface area contributed by atoms with Crippen molar-refractivity contribution >= 4 is 17.2 Å². The summed E-state index contributed by atoms with van der Waals surface area (Å²) in [5.41, 5.74) is 0.997. The fourth-order valence-electron chi connectivity index (χ4n) is 4.64. The largest absolute Gasteiger partial charge is 0.481 e. The van der Waals surface area contributed by atoms with Crippen molar-refractivity contribution in [3.8, 4) is 10.9 Å². The molecule has 2 aliphatic rings. The fraction of sp³-hybridized carbons (Fsp3) is 0.667. The number of fused-ring (bicyclic) bond motifs is 1. The minimum absolute atomic E-state index is 0.0263. The van der Waals surface area contributed by atoms with Crippen LogP contribution in [0, 0.1) is 12.8 Å². The Morgan fingerprint density at radius 2 is 1.91 bits per heavy atom. The molecular weight excluding hydrogens is 476 g/mol. The first-order chi connectivity index (χ1) is 16.9. The number of carbonyl (C=O) groups excluding carboxylic acids is 1. The van der Waals surface area contributed by atoms with Crippen LogP contribution in [-0.4, -0.2) is 71.1 Å². The van der Waals surface area contributed by atoms with E-state index in [4.69, 9.17) is 9.47 Å². The van der Waals surface area contributed by atoms with Crippen molar-refractivity contribution in [2.45, 2.75) is 64.3 Å². The summed E-state index contributed by atoms with van der Waals surface area (Å²) in [6.45, 7) is 4.12. The number of amides is 1.